The molecule has 2 aromatic carbocycles. The number of hydrogen-bond donors (Lipinski definition) is 1. The third kappa shape index (κ3) is 4.77. The molecule has 0 bridgehead atoms. The minimum Gasteiger partial charge on any atom is -0.481 e. The Bertz CT molecular complexity index is 1280. The quantitative estimate of drug-likeness (QED) is 0.350. The van der Waals surface area contributed by atoms with Crippen LogP contribution in [0.4, 0.5) is 13.2 Å². The number of benzene rings is 2. The maximum absolute atomic E-state index is 12.8. The second kappa shape index (κ2) is 8.66. The fourth-order valence-corrected chi connectivity index (χ4v) is 4.19. The molecule has 4 rings (SSSR count). The molecule has 9 heteroatoms. The SMILES string of the molecule is Cc1nc(-c2ccc(C(F)(F)F)cc2)oc1CSc1cccc2ccc(CC(=O)O)nc12. The molecule has 0 saturated heterocycles. The number of thioether (sulfide) groups is 1. The van der Waals surface area contributed by atoms with Crippen LogP contribution in [0.15, 0.2) is 63.9 Å². The first-order chi connectivity index (χ1) is 15.2. The number of halogens is 3. The van der Waals surface area contributed by atoms with E-state index in [2.05, 4.69) is 9.97 Å². The van der Waals surface area contributed by atoms with Gasteiger partial charge in [0.2, 0.25) is 5.89 Å². The maximum atomic E-state index is 12.8. The van der Waals surface area contributed by atoms with Gasteiger partial charge in [0.1, 0.15) is 5.76 Å². The molecule has 5 nitrogen and oxygen atoms in total. The van der Waals surface area contributed by atoms with E-state index < -0.39 is 17.7 Å². The Hall–Kier alpha value is -3.33. The number of hydrogen-bond acceptors (Lipinski definition) is 5. The van der Waals surface area contributed by atoms with Gasteiger partial charge in [-0.25, -0.2) is 4.98 Å². The van der Waals surface area contributed by atoms with E-state index in [0.29, 0.717) is 34.0 Å². The average Bonchev–Trinajstić information content (AvgIpc) is 3.12. The Labute approximate surface area is 185 Å². The molecular formula is C23H17F3N2O3S. The van der Waals surface area contributed by atoms with Crippen molar-refractivity contribution in [2.75, 3.05) is 0 Å². The number of aryl methyl sites for hydroxylation is 1. The molecular weight excluding hydrogens is 441 g/mol. The van der Waals surface area contributed by atoms with Crippen molar-refractivity contribution in [3.05, 3.63) is 77.3 Å². The summed E-state index contributed by atoms with van der Waals surface area (Å²) in [5, 5.41) is 9.91. The van der Waals surface area contributed by atoms with Gasteiger partial charge in [-0.2, -0.15) is 13.2 Å². The number of para-hydroxylation sites is 1. The molecule has 2 aromatic heterocycles. The highest BCUT2D eigenvalue weighted by Crippen LogP contribution is 2.33. The monoisotopic (exact) mass is 458 g/mol. The highest BCUT2D eigenvalue weighted by Gasteiger charge is 2.30. The molecule has 0 amide bonds. The number of aromatic nitrogens is 2. The fourth-order valence-electron chi connectivity index (χ4n) is 3.16. The third-order valence-electron chi connectivity index (χ3n) is 4.78. The van der Waals surface area contributed by atoms with Gasteiger partial charge in [-0.3, -0.25) is 9.78 Å². The van der Waals surface area contributed by atoms with Gasteiger partial charge in [-0.05, 0) is 43.3 Å². The van der Waals surface area contributed by atoms with Gasteiger partial charge >= 0.3 is 12.1 Å². The van der Waals surface area contributed by atoms with Crippen LogP contribution in [0.2, 0.25) is 0 Å². The summed E-state index contributed by atoms with van der Waals surface area (Å²) in [5.74, 6) is 0.342. The van der Waals surface area contributed by atoms with Gasteiger partial charge in [0.15, 0.2) is 0 Å². The molecule has 0 atom stereocenters. The highest BCUT2D eigenvalue weighted by molar-refractivity contribution is 7.98. The van der Waals surface area contributed by atoms with E-state index in [1.54, 1.807) is 13.0 Å². The summed E-state index contributed by atoms with van der Waals surface area (Å²) >= 11 is 1.47. The van der Waals surface area contributed by atoms with Gasteiger partial charge in [0.25, 0.3) is 0 Å². The summed E-state index contributed by atoms with van der Waals surface area (Å²) in [6.45, 7) is 1.78. The largest absolute Gasteiger partial charge is 0.481 e. The minimum absolute atomic E-state index is 0.160. The Morgan fingerprint density at radius 3 is 2.50 bits per heavy atom. The van der Waals surface area contributed by atoms with Crippen molar-refractivity contribution in [2.45, 2.75) is 30.2 Å². The molecule has 0 spiro atoms. The molecule has 4 aromatic rings. The normalized spacial score (nSPS) is 11.8. The van der Waals surface area contributed by atoms with Gasteiger partial charge in [0, 0.05) is 15.8 Å². The summed E-state index contributed by atoms with van der Waals surface area (Å²) in [5.41, 5.74) is 1.55. The summed E-state index contributed by atoms with van der Waals surface area (Å²) in [4.78, 5) is 20.7. The van der Waals surface area contributed by atoms with E-state index in [1.807, 2.05) is 24.3 Å². The van der Waals surface area contributed by atoms with Crippen molar-refractivity contribution < 1.29 is 27.5 Å². The zero-order valence-corrected chi connectivity index (χ0v) is 17.6. The van der Waals surface area contributed by atoms with Crippen molar-refractivity contribution >= 4 is 28.6 Å². The standard InChI is InChI=1S/C23H17F3N2O3S/c1-13-18(31-22(27-13)15-5-8-16(9-6-15)23(24,25)26)12-32-19-4-2-3-14-7-10-17(11-20(29)30)28-21(14)19/h2-10H,11-12H2,1H3,(H,29,30). The first kappa shape index (κ1) is 21.9. The third-order valence-corrected chi connectivity index (χ3v) is 5.83. The van der Waals surface area contributed by atoms with E-state index in [9.17, 15) is 18.0 Å². The molecule has 0 unspecified atom stereocenters. The molecule has 0 aliphatic rings. The van der Waals surface area contributed by atoms with Crippen LogP contribution in [0, 0.1) is 6.92 Å². The van der Waals surface area contributed by atoms with Crippen LogP contribution in [0.1, 0.15) is 22.7 Å². The lowest BCUT2D eigenvalue weighted by atomic mass is 10.1. The van der Waals surface area contributed by atoms with Crippen LogP contribution in [-0.2, 0) is 23.1 Å². The summed E-state index contributed by atoms with van der Waals surface area (Å²) < 4.78 is 44.1. The molecule has 0 saturated carbocycles. The lowest BCUT2D eigenvalue weighted by Crippen LogP contribution is -2.03. The molecule has 164 valence electrons. The summed E-state index contributed by atoms with van der Waals surface area (Å²) in [7, 11) is 0. The zero-order chi connectivity index (χ0) is 22.9. The highest BCUT2D eigenvalue weighted by atomic mass is 32.2. The van der Waals surface area contributed by atoms with Gasteiger partial charge in [-0.1, -0.05) is 18.2 Å². The number of alkyl halides is 3. The van der Waals surface area contributed by atoms with Crippen molar-refractivity contribution in [1.82, 2.24) is 9.97 Å². The number of rotatable bonds is 6. The van der Waals surface area contributed by atoms with E-state index in [1.165, 1.54) is 23.9 Å². The summed E-state index contributed by atoms with van der Waals surface area (Å²) in [6, 6.07) is 13.9. The average molecular weight is 458 g/mol. The van der Waals surface area contributed by atoms with Gasteiger partial charge in [-0.15, -0.1) is 11.8 Å². The van der Waals surface area contributed by atoms with Crippen molar-refractivity contribution in [2.24, 2.45) is 0 Å². The topological polar surface area (TPSA) is 76.2 Å². The van der Waals surface area contributed by atoms with Crippen molar-refractivity contribution in [3.8, 4) is 11.5 Å². The second-order valence-electron chi connectivity index (χ2n) is 7.09. The molecule has 2 heterocycles. The summed E-state index contributed by atoms with van der Waals surface area (Å²) in [6.07, 6.45) is -4.56. The van der Waals surface area contributed by atoms with E-state index in [4.69, 9.17) is 9.52 Å². The van der Waals surface area contributed by atoms with E-state index in [0.717, 1.165) is 22.4 Å². The minimum atomic E-state index is -4.40. The number of oxazole rings is 1. The van der Waals surface area contributed by atoms with Crippen LogP contribution in [0.5, 0.6) is 0 Å². The second-order valence-corrected chi connectivity index (χ2v) is 8.11. The first-order valence-electron chi connectivity index (χ1n) is 9.58. The smallest absolute Gasteiger partial charge is 0.416 e. The van der Waals surface area contributed by atoms with Crippen molar-refractivity contribution in [1.29, 1.82) is 0 Å². The maximum Gasteiger partial charge on any atom is 0.416 e. The molecule has 0 aliphatic heterocycles. The molecule has 0 aliphatic carbocycles. The van der Waals surface area contributed by atoms with Gasteiger partial charge in [0.05, 0.1) is 34.6 Å². The Kier molecular flexibility index (Phi) is 5.92. The Morgan fingerprint density at radius 1 is 1.06 bits per heavy atom. The zero-order valence-electron chi connectivity index (χ0n) is 16.8. The van der Waals surface area contributed by atoms with E-state index in [-0.39, 0.29) is 12.3 Å². The number of carboxylic acids is 1. The van der Waals surface area contributed by atoms with Crippen LogP contribution in [-0.4, -0.2) is 21.0 Å². The number of carbonyl (C=O) groups is 1. The van der Waals surface area contributed by atoms with Crippen LogP contribution < -0.4 is 0 Å². The predicted molar refractivity (Wildman–Crippen MR) is 114 cm³/mol. The lowest BCUT2D eigenvalue weighted by Gasteiger charge is -2.07. The first-order valence-corrected chi connectivity index (χ1v) is 10.6. The fraction of sp³-hybridized carbons (Fsp3) is 0.174. The Morgan fingerprint density at radius 2 is 1.81 bits per heavy atom. The van der Waals surface area contributed by atoms with E-state index >= 15 is 0 Å². The lowest BCUT2D eigenvalue weighted by molar-refractivity contribution is -0.138. The number of carboxylic acid groups (broad SMARTS) is 1. The number of pyridine rings is 1. The number of fused-ring (bicyclic) bond motifs is 1. The predicted octanol–water partition coefficient (Wildman–Crippen LogP) is 6.14. The number of aliphatic carboxylic acids is 1. The molecule has 1 N–H and O–H groups in total. The number of nitrogens with zero attached hydrogens (tertiary/aromatic N) is 2. The molecule has 0 radical (unpaired) electrons. The van der Waals surface area contributed by atoms with Crippen LogP contribution in [0.3, 0.4) is 0 Å². The van der Waals surface area contributed by atoms with Gasteiger partial charge < -0.3 is 9.52 Å². The molecule has 32 heavy (non-hydrogen) atoms. The van der Waals surface area contributed by atoms with Crippen molar-refractivity contribution in [3.63, 3.8) is 0 Å². The molecule has 0 fully saturated rings. The van der Waals surface area contributed by atoms with Crippen LogP contribution >= 0.6 is 11.8 Å². The van der Waals surface area contributed by atoms with Crippen LogP contribution in [0.25, 0.3) is 22.4 Å². The Balaban J connectivity index is 1.55.